The Balaban J connectivity index is 1.54. The molecule has 4 rings (SSSR count). The van der Waals surface area contributed by atoms with Gasteiger partial charge in [-0.3, -0.25) is 0 Å². The minimum absolute atomic E-state index is 0.102. The number of aromatic hydroxyl groups is 1. The van der Waals surface area contributed by atoms with Gasteiger partial charge in [0.1, 0.15) is 5.75 Å². The van der Waals surface area contributed by atoms with Crippen LogP contribution in [0.25, 0.3) is 0 Å². The summed E-state index contributed by atoms with van der Waals surface area (Å²) < 4.78 is 0. The zero-order valence-corrected chi connectivity index (χ0v) is 16.1. The summed E-state index contributed by atoms with van der Waals surface area (Å²) in [6, 6.07) is 16.6. The van der Waals surface area contributed by atoms with Crippen LogP contribution in [0.5, 0.6) is 5.75 Å². The molecule has 8 nitrogen and oxygen atoms in total. The van der Waals surface area contributed by atoms with Crippen molar-refractivity contribution in [1.82, 2.24) is 15.0 Å². The van der Waals surface area contributed by atoms with E-state index in [1.54, 1.807) is 24.4 Å². The van der Waals surface area contributed by atoms with E-state index < -0.39 is 0 Å². The van der Waals surface area contributed by atoms with Gasteiger partial charge in [-0.05, 0) is 36.2 Å². The monoisotopic (exact) mass is 399 g/mol. The molecule has 0 fully saturated rings. The molecule has 0 spiro atoms. The lowest BCUT2D eigenvalue weighted by Gasteiger charge is -2.16. The van der Waals surface area contributed by atoms with E-state index >= 15 is 0 Å². The van der Waals surface area contributed by atoms with Crippen LogP contribution in [0, 0.1) is 0 Å². The number of rotatable bonds is 7. The van der Waals surface area contributed by atoms with Crippen LogP contribution < -0.4 is 16.1 Å². The molecule has 0 amide bonds. The Labute approximate surface area is 174 Å². The number of nitrogens with zero attached hydrogens (tertiary/aromatic N) is 4. The van der Waals surface area contributed by atoms with Gasteiger partial charge in [-0.1, -0.05) is 54.6 Å². The highest BCUT2D eigenvalue weighted by Gasteiger charge is 2.11. The van der Waals surface area contributed by atoms with Crippen molar-refractivity contribution in [2.45, 2.75) is 12.5 Å². The average Bonchev–Trinajstić information content (AvgIpc) is 2.75. The predicted octanol–water partition coefficient (Wildman–Crippen LogP) is 4.06. The quantitative estimate of drug-likeness (QED) is 0.350. The zero-order chi connectivity index (χ0) is 20.6. The van der Waals surface area contributed by atoms with Gasteiger partial charge in [0.05, 0.1) is 12.3 Å². The molecule has 0 saturated heterocycles. The third-order valence-corrected chi connectivity index (χ3v) is 4.21. The molecule has 1 atom stereocenters. The van der Waals surface area contributed by atoms with Crippen LogP contribution in [-0.2, 0) is 0 Å². The third kappa shape index (κ3) is 5.41. The topological polar surface area (TPSA) is 107 Å². The smallest absolute Gasteiger partial charge is 0.250 e. The minimum atomic E-state index is 0.102. The number of benzene rings is 2. The Morgan fingerprint density at radius 2 is 1.77 bits per heavy atom. The molecule has 150 valence electrons. The molecular weight excluding hydrogens is 378 g/mol. The van der Waals surface area contributed by atoms with E-state index in [0.29, 0.717) is 11.9 Å². The first-order chi connectivity index (χ1) is 14.7. The Kier molecular flexibility index (Phi) is 5.95. The van der Waals surface area contributed by atoms with Gasteiger partial charge in [-0.15, -0.1) is 0 Å². The molecule has 1 aliphatic rings. The van der Waals surface area contributed by atoms with Crippen LogP contribution in [-0.4, -0.2) is 32.3 Å². The number of nitrogens with one attached hydrogen (secondary N) is 3. The summed E-state index contributed by atoms with van der Waals surface area (Å²) in [5.41, 5.74) is 4.44. The molecule has 1 aromatic heterocycles. The lowest BCUT2D eigenvalue weighted by molar-refractivity contribution is 0.475. The summed E-state index contributed by atoms with van der Waals surface area (Å²) in [6.45, 7) is 0. The van der Waals surface area contributed by atoms with E-state index in [2.05, 4.69) is 48.3 Å². The van der Waals surface area contributed by atoms with E-state index in [4.69, 9.17) is 0 Å². The van der Waals surface area contributed by atoms with Crippen molar-refractivity contribution in [3.05, 3.63) is 84.5 Å². The molecule has 1 heterocycles. The van der Waals surface area contributed by atoms with Gasteiger partial charge >= 0.3 is 0 Å². The second-order valence-electron chi connectivity index (χ2n) is 6.56. The van der Waals surface area contributed by atoms with Crippen LogP contribution in [0.3, 0.4) is 0 Å². The molecule has 3 aromatic rings. The summed E-state index contributed by atoms with van der Waals surface area (Å²) in [5, 5.41) is 20.2. The van der Waals surface area contributed by atoms with Crippen molar-refractivity contribution in [3.63, 3.8) is 0 Å². The number of phenols is 1. The van der Waals surface area contributed by atoms with Crippen LogP contribution >= 0.6 is 0 Å². The number of hydrogen-bond acceptors (Lipinski definition) is 8. The minimum Gasteiger partial charge on any atom is -0.508 e. The van der Waals surface area contributed by atoms with E-state index in [0.717, 1.165) is 17.7 Å². The molecule has 0 radical (unpaired) electrons. The van der Waals surface area contributed by atoms with Crippen LogP contribution in [0.2, 0.25) is 0 Å². The largest absolute Gasteiger partial charge is 0.508 e. The van der Waals surface area contributed by atoms with Crippen molar-refractivity contribution >= 4 is 29.7 Å². The van der Waals surface area contributed by atoms with Crippen LogP contribution in [0.4, 0.5) is 23.5 Å². The van der Waals surface area contributed by atoms with Crippen molar-refractivity contribution in [2.75, 3.05) is 16.1 Å². The summed E-state index contributed by atoms with van der Waals surface area (Å²) in [7, 11) is 0. The maximum Gasteiger partial charge on any atom is 0.250 e. The second kappa shape index (κ2) is 9.33. The van der Waals surface area contributed by atoms with E-state index in [9.17, 15) is 5.11 Å². The van der Waals surface area contributed by atoms with E-state index in [1.807, 2.05) is 48.6 Å². The van der Waals surface area contributed by atoms with Crippen LogP contribution in [0.15, 0.2) is 84.0 Å². The Morgan fingerprint density at radius 3 is 2.57 bits per heavy atom. The molecule has 8 heteroatoms. The molecule has 0 aliphatic heterocycles. The first-order valence-electron chi connectivity index (χ1n) is 9.51. The SMILES string of the molecule is Oc1cccc(/C=N\Nc2nc(Nc3ccccc3)nc(N[C@@H]3C=CC=CC3)n2)c1. The maximum atomic E-state index is 9.56. The summed E-state index contributed by atoms with van der Waals surface area (Å²) in [6.07, 6.45) is 10.6. The lowest BCUT2D eigenvalue weighted by atomic mass is 10.1. The molecule has 0 bridgehead atoms. The Hall–Kier alpha value is -4.20. The average molecular weight is 399 g/mol. The van der Waals surface area contributed by atoms with Crippen LogP contribution in [0.1, 0.15) is 12.0 Å². The third-order valence-electron chi connectivity index (χ3n) is 4.21. The summed E-state index contributed by atoms with van der Waals surface area (Å²) in [4.78, 5) is 13.3. The number of anilines is 4. The highest BCUT2D eigenvalue weighted by molar-refractivity contribution is 5.80. The molecule has 1 aliphatic carbocycles. The number of hydrogen-bond donors (Lipinski definition) is 4. The first-order valence-corrected chi connectivity index (χ1v) is 9.51. The van der Waals surface area contributed by atoms with Crippen molar-refractivity contribution < 1.29 is 5.11 Å². The molecule has 0 unspecified atom stereocenters. The van der Waals surface area contributed by atoms with Gasteiger partial charge in [0.25, 0.3) is 0 Å². The highest BCUT2D eigenvalue weighted by atomic mass is 16.3. The fourth-order valence-corrected chi connectivity index (χ4v) is 2.82. The number of hydrazone groups is 1. The Bertz CT molecular complexity index is 1080. The number of para-hydroxylation sites is 1. The van der Waals surface area contributed by atoms with Gasteiger partial charge < -0.3 is 15.7 Å². The van der Waals surface area contributed by atoms with E-state index in [1.165, 1.54) is 0 Å². The van der Waals surface area contributed by atoms with Gasteiger partial charge in [0, 0.05) is 5.69 Å². The standard InChI is InChI=1S/C22H21N7O/c30-19-13-7-8-16(14-19)15-23-29-22-27-20(24-17-9-3-1-4-10-17)26-21(28-22)25-18-11-5-2-6-12-18/h1-11,13-15,18,30H,12H2,(H3,24,25,26,27,28,29)/b23-15-/t18-/m1/s1. The highest BCUT2D eigenvalue weighted by Crippen LogP contribution is 2.17. The fraction of sp³-hybridized carbons (Fsp3) is 0.0909. The lowest BCUT2D eigenvalue weighted by Crippen LogP contribution is -2.20. The molecule has 4 N–H and O–H groups in total. The summed E-state index contributed by atoms with van der Waals surface area (Å²) in [5.74, 6) is 1.29. The second-order valence-corrected chi connectivity index (χ2v) is 6.56. The van der Waals surface area contributed by atoms with Gasteiger partial charge in [-0.2, -0.15) is 20.1 Å². The first kappa shape index (κ1) is 19.1. The van der Waals surface area contributed by atoms with Crippen molar-refractivity contribution in [2.24, 2.45) is 5.10 Å². The van der Waals surface area contributed by atoms with Gasteiger partial charge in [-0.25, -0.2) is 5.43 Å². The molecular formula is C22H21N7O. The molecule has 2 aromatic carbocycles. The number of phenolic OH excluding ortho intramolecular Hbond substituents is 1. The van der Waals surface area contributed by atoms with E-state index in [-0.39, 0.29) is 17.7 Å². The normalized spacial score (nSPS) is 15.3. The molecule has 0 saturated carbocycles. The van der Waals surface area contributed by atoms with Crippen molar-refractivity contribution in [1.29, 1.82) is 0 Å². The molecule has 30 heavy (non-hydrogen) atoms. The number of aromatic nitrogens is 3. The summed E-state index contributed by atoms with van der Waals surface area (Å²) >= 11 is 0. The predicted molar refractivity (Wildman–Crippen MR) is 119 cm³/mol. The van der Waals surface area contributed by atoms with Crippen molar-refractivity contribution in [3.8, 4) is 5.75 Å². The maximum absolute atomic E-state index is 9.56. The van der Waals surface area contributed by atoms with Gasteiger partial charge in [0.15, 0.2) is 0 Å². The fourth-order valence-electron chi connectivity index (χ4n) is 2.82. The zero-order valence-electron chi connectivity index (χ0n) is 16.1. The van der Waals surface area contributed by atoms with Gasteiger partial charge in [0.2, 0.25) is 17.8 Å². The Morgan fingerprint density at radius 1 is 0.933 bits per heavy atom. The number of allylic oxidation sites excluding steroid dienone is 2.